The average molecular weight is 428 g/mol. The second-order valence-corrected chi connectivity index (χ2v) is 7.81. The number of phenols is 1. The Balaban J connectivity index is 1.57. The van der Waals surface area contributed by atoms with E-state index in [-0.39, 0.29) is 11.9 Å². The first-order valence-electron chi connectivity index (χ1n) is 11.2. The third-order valence-electron chi connectivity index (χ3n) is 5.44. The molecule has 164 valence electrons. The molecule has 32 heavy (non-hydrogen) atoms. The van der Waals surface area contributed by atoms with Gasteiger partial charge in [0.25, 0.3) is 0 Å². The van der Waals surface area contributed by atoms with E-state index in [2.05, 4.69) is 24.0 Å². The maximum absolute atomic E-state index is 10.7. The SMILES string of the molecule is CCCCCCOc1ccc(C2=NC(c3ccccc3)N(c3ccccc3)C=N2)c(O)c1. The van der Waals surface area contributed by atoms with Crippen molar-refractivity contribution in [2.45, 2.75) is 38.8 Å². The Morgan fingerprint density at radius 1 is 0.906 bits per heavy atom. The normalized spacial score (nSPS) is 15.5. The predicted octanol–water partition coefficient (Wildman–Crippen LogP) is 6.35. The highest BCUT2D eigenvalue weighted by molar-refractivity contribution is 6.08. The topological polar surface area (TPSA) is 57.4 Å². The van der Waals surface area contributed by atoms with E-state index in [9.17, 15) is 5.11 Å². The van der Waals surface area contributed by atoms with Gasteiger partial charge >= 0.3 is 0 Å². The first-order chi connectivity index (χ1) is 15.8. The van der Waals surface area contributed by atoms with Gasteiger partial charge in [0.05, 0.1) is 18.5 Å². The molecule has 5 heteroatoms. The number of ether oxygens (including phenoxy) is 1. The average Bonchev–Trinajstić information content (AvgIpc) is 2.85. The molecule has 1 aliphatic rings. The third kappa shape index (κ3) is 5.17. The van der Waals surface area contributed by atoms with Gasteiger partial charge in [0.1, 0.15) is 11.5 Å². The van der Waals surface area contributed by atoms with Gasteiger partial charge in [-0.05, 0) is 36.2 Å². The smallest absolute Gasteiger partial charge is 0.162 e. The van der Waals surface area contributed by atoms with Gasteiger partial charge < -0.3 is 14.7 Å². The molecule has 0 aliphatic carbocycles. The molecule has 5 nitrogen and oxygen atoms in total. The van der Waals surface area contributed by atoms with Crippen LogP contribution in [0.3, 0.4) is 0 Å². The Labute approximate surface area is 189 Å². The molecule has 0 bridgehead atoms. The van der Waals surface area contributed by atoms with E-state index in [1.165, 1.54) is 12.8 Å². The van der Waals surface area contributed by atoms with Crippen LogP contribution in [-0.2, 0) is 0 Å². The number of amidine groups is 1. The van der Waals surface area contributed by atoms with Crippen LogP contribution in [0.2, 0.25) is 0 Å². The summed E-state index contributed by atoms with van der Waals surface area (Å²) in [6.07, 6.45) is 6.09. The number of benzene rings is 3. The molecule has 3 aromatic rings. The van der Waals surface area contributed by atoms with E-state index in [0.29, 0.717) is 23.8 Å². The highest BCUT2D eigenvalue weighted by Gasteiger charge is 2.24. The summed E-state index contributed by atoms with van der Waals surface area (Å²) in [5.74, 6) is 1.28. The van der Waals surface area contributed by atoms with Crippen molar-refractivity contribution in [3.63, 3.8) is 0 Å². The molecular weight excluding hydrogens is 398 g/mol. The fraction of sp³-hybridized carbons (Fsp3) is 0.259. The first kappa shape index (κ1) is 21.6. The standard InChI is InChI=1S/C27H29N3O2/c1-2-3-4-11-18-32-23-16-17-24(25(31)19-23)26-28-20-30(22-14-9-6-10-15-22)27(29-26)21-12-7-5-8-13-21/h5-10,12-17,19-20,27,31H,2-4,11,18H2,1H3. The molecule has 0 aromatic heterocycles. The number of rotatable bonds is 9. The highest BCUT2D eigenvalue weighted by Crippen LogP contribution is 2.32. The van der Waals surface area contributed by atoms with Gasteiger partial charge in [-0.15, -0.1) is 0 Å². The van der Waals surface area contributed by atoms with E-state index in [1.807, 2.05) is 65.6 Å². The Morgan fingerprint density at radius 3 is 2.38 bits per heavy atom. The van der Waals surface area contributed by atoms with Crippen molar-refractivity contribution < 1.29 is 9.84 Å². The predicted molar refractivity (Wildman–Crippen MR) is 131 cm³/mol. The van der Waals surface area contributed by atoms with Crippen molar-refractivity contribution in [1.29, 1.82) is 0 Å². The van der Waals surface area contributed by atoms with Crippen molar-refractivity contribution in [3.05, 3.63) is 90.0 Å². The Hall–Kier alpha value is -3.60. The number of unbranched alkanes of at least 4 members (excludes halogenated alkanes) is 3. The molecule has 1 aliphatic heterocycles. The lowest BCUT2D eigenvalue weighted by atomic mass is 10.1. The van der Waals surface area contributed by atoms with Crippen molar-refractivity contribution in [1.82, 2.24) is 0 Å². The highest BCUT2D eigenvalue weighted by atomic mass is 16.5. The molecule has 0 amide bonds. The largest absolute Gasteiger partial charge is 0.507 e. The number of anilines is 1. The van der Waals surface area contributed by atoms with Crippen molar-refractivity contribution >= 4 is 17.9 Å². The summed E-state index contributed by atoms with van der Waals surface area (Å²) in [7, 11) is 0. The van der Waals surface area contributed by atoms with Crippen LogP contribution >= 0.6 is 0 Å². The summed E-state index contributed by atoms with van der Waals surface area (Å²) in [5, 5.41) is 10.7. The molecule has 3 aromatic carbocycles. The maximum Gasteiger partial charge on any atom is 0.162 e. The van der Waals surface area contributed by atoms with Crippen LogP contribution in [0.15, 0.2) is 88.8 Å². The lowest BCUT2D eigenvalue weighted by molar-refractivity contribution is 0.303. The molecule has 0 fully saturated rings. The second kappa shape index (κ2) is 10.6. The maximum atomic E-state index is 10.7. The fourth-order valence-electron chi connectivity index (χ4n) is 3.71. The Morgan fingerprint density at radius 2 is 1.66 bits per heavy atom. The molecular formula is C27H29N3O2. The molecule has 0 saturated carbocycles. The van der Waals surface area contributed by atoms with E-state index in [4.69, 9.17) is 9.73 Å². The minimum absolute atomic E-state index is 0.118. The number of aromatic hydroxyl groups is 1. The van der Waals surface area contributed by atoms with Gasteiger partial charge in [-0.3, -0.25) is 0 Å². The molecule has 0 saturated heterocycles. The Kier molecular flexibility index (Phi) is 7.18. The van der Waals surface area contributed by atoms with Gasteiger partial charge in [-0.1, -0.05) is 74.7 Å². The number of hydrogen-bond acceptors (Lipinski definition) is 5. The lowest BCUT2D eigenvalue weighted by Gasteiger charge is -2.30. The molecule has 1 N–H and O–H groups in total. The number of aliphatic imine (C=N–C) groups is 2. The van der Waals surface area contributed by atoms with Crippen molar-refractivity contribution in [3.8, 4) is 11.5 Å². The van der Waals surface area contributed by atoms with E-state index in [1.54, 1.807) is 12.4 Å². The summed E-state index contributed by atoms with van der Waals surface area (Å²) < 4.78 is 5.79. The number of hydrogen-bond donors (Lipinski definition) is 1. The van der Waals surface area contributed by atoms with Crippen LogP contribution in [-0.4, -0.2) is 23.9 Å². The zero-order valence-corrected chi connectivity index (χ0v) is 18.4. The minimum Gasteiger partial charge on any atom is -0.507 e. The molecule has 0 radical (unpaired) electrons. The van der Waals surface area contributed by atoms with Gasteiger partial charge in [0.15, 0.2) is 12.0 Å². The quantitative estimate of drug-likeness (QED) is 0.405. The summed E-state index contributed by atoms with van der Waals surface area (Å²) in [6, 6.07) is 25.5. The van der Waals surface area contributed by atoms with Crippen LogP contribution in [0.25, 0.3) is 0 Å². The molecule has 4 rings (SSSR count). The number of phenolic OH excluding ortho intramolecular Hbond substituents is 1. The van der Waals surface area contributed by atoms with E-state index in [0.717, 1.165) is 24.1 Å². The lowest BCUT2D eigenvalue weighted by Crippen LogP contribution is -2.30. The van der Waals surface area contributed by atoms with Gasteiger partial charge in [-0.25, -0.2) is 9.98 Å². The molecule has 1 heterocycles. The number of para-hydroxylation sites is 1. The third-order valence-corrected chi connectivity index (χ3v) is 5.44. The summed E-state index contributed by atoms with van der Waals surface area (Å²) in [4.78, 5) is 11.5. The molecule has 1 atom stereocenters. The summed E-state index contributed by atoms with van der Waals surface area (Å²) >= 11 is 0. The second-order valence-electron chi connectivity index (χ2n) is 7.81. The van der Waals surface area contributed by atoms with Crippen LogP contribution < -0.4 is 9.64 Å². The Bertz CT molecular complexity index is 1060. The molecule has 1 unspecified atom stereocenters. The first-order valence-corrected chi connectivity index (χ1v) is 11.2. The zero-order chi connectivity index (χ0) is 22.2. The minimum atomic E-state index is -0.278. The van der Waals surface area contributed by atoms with Crippen LogP contribution in [0.1, 0.15) is 49.9 Å². The van der Waals surface area contributed by atoms with Crippen LogP contribution in [0.5, 0.6) is 11.5 Å². The number of nitrogens with zero attached hydrogens (tertiary/aromatic N) is 3. The van der Waals surface area contributed by atoms with E-state index >= 15 is 0 Å². The van der Waals surface area contributed by atoms with Crippen LogP contribution in [0.4, 0.5) is 5.69 Å². The van der Waals surface area contributed by atoms with Gasteiger partial charge in [-0.2, -0.15) is 0 Å². The van der Waals surface area contributed by atoms with Gasteiger partial charge in [0, 0.05) is 11.8 Å². The van der Waals surface area contributed by atoms with Crippen molar-refractivity contribution in [2.75, 3.05) is 11.5 Å². The summed E-state index contributed by atoms with van der Waals surface area (Å²) in [6.45, 7) is 2.84. The van der Waals surface area contributed by atoms with E-state index < -0.39 is 0 Å². The van der Waals surface area contributed by atoms with Gasteiger partial charge in [0.2, 0.25) is 0 Å². The molecule has 0 spiro atoms. The van der Waals surface area contributed by atoms with Crippen LogP contribution in [0, 0.1) is 0 Å². The fourth-order valence-corrected chi connectivity index (χ4v) is 3.71. The monoisotopic (exact) mass is 427 g/mol. The van der Waals surface area contributed by atoms with Crippen molar-refractivity contribution in [2.24, 2.45) is 9.98 Å². The zero-order valence-electron chi connectivity index (χ0n) is 18.4. The summed E-state index contributed by atoms with van der Waals surface area (Å²) in [5.41, 5.74) is 2.64.